The van der Waals surface area contributed by atoms with E-state index in [9.17, 15) is 4.79 Å². The highest BCUT2D eigenvalue weighted by atomic mass is 32.1. The molecule has 0 fully saturated rings. The Hall–Kier alpha value is -2.33. The number of H-pyrrole nitrogens is 1. The monoisotopic (exact) mass is 310 g/mol. The van der Waals surface area contributed by atoms with Crippen LogP contribution in [0.25, 0.3) is 17.0 Å². The molecule has 2 N–H and O–H groups in total. The number of rotatable bonds is 4. The number of hydrogen-bond donors (Lipinski definition) is 2. The Kier molecular flexibility index (Phi) is 4.11. The molecule has 0 aliphatic heterocycles. The molecule has 4 heteroatoms. The van der Waals surface area contributed by atoms with Crippen LogP contribution < -0.4 is 5.32 Å². The maximum Gasteiger partial charge on any atom is 0.247 e. The molecule has 0 radical (unpaired) electrons. The molecular weight excluding hydrogens is 292 g/mol. The van der Waals surface area contributed by atoms with E-state index in [1.165, 1.54) is 5.39 Å². The first-order valence-electron chi connectivity index (χ1n) is 7.20. The minimum Gasteiger partial charge on any atom is -0.359 e. The normalized spacial score (nSPS) is 11.8. The maximum absolute atomic E-state index is 12.1. The fraction of sp³-hybridized carbons (Fsp3) is 0.167. The summed E-state index contributed by atoms with van der Waals surface area (Å²) >= 11 is 1.63. The summed E-state index contributed by atoms with van der Waals surface area (Å²) < 4.78 is 0. The van der Waals surface area contributed by atoms with Gasteiger partial charge in [0.1, 0.15) is 0 Å². The van der Waals surface area contributed by atoms with E-state index in [2.05, 4.69) is 28.5 Å². The van der Waals surface area contributed by atoms with Crippen LogP contribution in [-0.4, -0.2) is 10.9 Å². The number of carbonyl (C=O) groups is 1. The predicted molar refractivity (Wildman–Crippen MR) is 92.9 cm³/mol. The van der Waals surface area contributed by atoms with Crippen molar-refractivity contribution in [1.82, 2.24) is 10.3 Å². The van der Waals surface area contributed by atoms with Gasteiger partial charge >= 0.3 is 0 Å². The van der Waals surface area contributed by atoms with Gasteiger partial charge in [-0.3, -0.25) is 4.79 Å². The number of thiophene rings is 1. The van der Waals surface area contributed by atoms with Gasteiger partial charge in [-0.1, -0.05) is 12.1 Å². The van der Waals surface area contributed by atoms with Crippen LogP contribution >= 0.6 is 11.3 Å². The smallest absolute Gasteiger partial charge is 0.247 e. The van der Waals surface area contributed by atoms with E-state index in [0.29, 0.717) is 6.54 Å². The zero-order valence-corrected chi connectivity index (χ0v) is 13.5. The first-order chi connectivity index (χ1) is 10.6. The number of carbonyl (C=O) groups excluding carboxylic acids is 1. The Morgan fingerprint density at radius 2 is 2.18 bits per heavy atom. The van der Waals surface area contributed by atoms with Gasteiger partial charge in [0.2, 0.25) is 5.91 Å². The molecule has 2 heterocycles. The summed E-state index contributed by atoms with van der Waals surface area (Å²) in [4.78, 5) is 16.5. The minimum atomic E-state index is -0.0289. The zero-order valence-electron chi connectivity index (χ0n) is 12.6. The number of fused-ring (bicyclic) bond motifs is 1. The van der Waals surface area contributed by atoms with Crippen LogP contribution in [0.15, 0.2) is 47.4 Å². The van der Waals surface area contributed by atoms with Gasteiger partial charge in [-0.15, -0.1) is 11.3 Å². The first-order valence-corrected chi connectivity index (χ1v) is 8.08. The molecule has 0 unspecified atom stereocenters. The molecule has 1 aromatic carbocycles. The molecule has 0 aliphatic carbocycles. The number of aromatic nitrogens is 1. The number of nitrogens with one attached hydrogen (secondary N) is 2. The van der Waals surface area contributed by atoms with Crippen molar-refractivity contribution in [3.05, 3.63) is 63.5 Å². The Labute approximate surface area is 133 Å². The van der Waals surface area contributed by atoms with Gasteiger partial charge in [-0.05, 0) is 60.5 Å². The average Bonchev–Trinajstić information content (AvgIpc) is 3.12. The summed E-state index contributed by atoms with van der Waals surface area (Å²) in [7, 11) is 0. The Balaban J connectivity index is 1.66. The third kappa shape index (κ3) is 3.28. The zero-order chi connectivity index (χ0) is 15.5. The topological polar surface area (TPSA) is 44.9 Å². The van der Waals surface area contributed by atoms with Crippen molar-refractivity contribution >= 4 is 34.2 Å². The van der Waals surface area contributed by atoms with Gasteiger partial charge in [0.15, 0.2) is 0 Å². The van der Waals surface area contributed by atoms with Gasteiger partial charge in [0, 0.05) is 28.2 Å². The van der Waals surface area contributed by atoms with Crippen molar-refractivity contribution in [2.75, 3.05) is 0 Å². The van der Waals surface area contributed by atoms with Crippen molar-refractivity contribution in [1.29, 1.82) is 0 Å². The third-order valence-electron chi connectivity index (χ3n) is 3.53. The van der Waals surface area contributed by atoms with Crippen molar-refractivity contribution in [2.45, 2.75) is 20.4 Å². The second-order valence-corrected chi connectivity index (χ2v) is 6.38. The Bertz CT molecular complexity index is 828. The Morgan fingerprint density at radius 3 is 2.95 bits per heavy atom. The highest BCUT2D eigenvalue weighted by molar-refractivity contribution is 7.10. The van der Waals surface area contributed by atoms with Gasteiger partial charge in [0.05, 0.1) is 0 Å². The van der Waals surface area contributed by atoms with E-state index < -0.39 is 0 Å². The van der Waals surface area contributed by atoms with Crippen LogP contribution in [0, 0.1) is 6.92 Å². The average molecular weight is 310 g/mol. The minimum absolute atomic E-state index is 0.0289. The van der Waals surface area contributed by atoms with Gasteiger partial charge in [0.25, 0.3) is 0 Å². The lowest BCUT2D eigenvalue weighted by Gasteiger charge is -2.06. The van der Waals surface area contributed by atoms with Gasteiger partial charge in [-0.25, -0.2) is 0 Å². The quantitative estimate of drug-likeness (QED) is 0.695. The van der Waals surface area contributed by atoms with Gasteiger partial charge < -0.3 is 10.3 Å². The summed E-state index contributed by atoms with van der Waals surface area (Å²) in [6, 6.07) is 12.3. The summed E-state index contributed by atoms with van der Waals surface area (Å²) in [5.74, 6) is -0.0289. The van der Waals surface area contributed by atoms with Crippen LogP contribution in [0.5, 0.6) is 0 Å². The molecule has 0 atom stereocenters. The van der Waals surface area contributed by atoms with E-state index in [0.717, 1.165) is 27.2 Å². The molecule has 1 amide bonds. The molecule has 3 rings (SSSR count). The Morgan fingerprint density at radius 1 is 1.32 bits per heavy atom. The van der Waals surface area contributed by atoms with Gasteiger partial charge in [-0.2, -0.15) is 0 Å². The van der Waals surface area contributed by atoms with E-state index in [-0.39, 0.29) is 5.91 Å². The number of amides is 1. The molecule has 3 nitrogen and oxygen atoms in total. The molecule has 22 heavy (non-hydrogen) atoms. The summed E-state index contributed by atoms with van der Waals surface area (Å²) in [5.41, 5.74) is 4.09. The molecule has 0 spiro atoms. The van der Waals surface area contributed by atoms with E-state index in [4.69, 9.17) is 0 Å². The number of benzene rings is 1. The van der Waals surface area contributed by atoms with Crippen LogP contribution in [0.1, 0.15) is 23.1 Å². The molecule has 0 bridgehead atoms. The molecule has 3 aromatic rings. The fourth-order valence-corrected chi connectivity index (χ4v) is 3.13. The molecule has 112 valence electrons. The molecule has 0 aliphatic rings. The lowest BCUT2D eigenvalue weighted by Crippen LogP contribution is -2.23. The number of hydrogen-bond acceptors (Lipinski definition) is 2. The maximum atomic E-state index is 12.1. The lowest BCUT2D eigenvalue weighted by atomic mass is 10.1. The highest BCUT2D eigenvalue weighted by Gasteiger charge is 2.05. The van der Waals surface area contributed by atoms with Crippen molar-refractivity contribution in [3.63, 3.8) is 0 Å². The summed E-state index contributed by atoms with van der Waals surface area (Å²) in [5, 5.41) is 6.15. The largest absolute Gasteiger partial charge is 0.359 e. The van der Waals surface area contributed by atoms with E-state index in [1.807, 2.05) is 43.5 Å². The fourth-order valence-electron chi connectivity index (χ4n) is 2.41. The summed E-state index contributed by atoms with van der Waals surface area (Å²) in [6.07, 6.45) is 1.92. The van der Waals surface area contributed by atoms with Crippen molar-refractivity contribution in [3.8, 4) is 0 Å². The standard InChI is InChI=1S/C18H18N2OS/c1-12(8-16-4-3-7-22-16)18(21)19-11-14-5-6-17-15(10-14)9-13(2)20-17/h3-10,20H,11H2,1-2H3,(H,19,21)/b12-8+. The summed E-state index contributed by atoms with van der Waals surface area (Å²) in [6.45, 7) is 4.42. The number of aryl methyl sites for hydroxylation is 1. The second-order valence-electron chi connectivity index (χ2n) is 5.40. The first kappa shape index (κ1) is 14.6. The second kappa shape index (κ2) is 6.20. The third-order valence-corrected chi connectivity index (χ3v) is 4.35. The molecular formula is C18H18N2OS. The molecule has 0 saturated heterocycles. The predicted octanol–water partition coefficient (Wildman–Crippen LogP) is 4.26. The SMILES string of the molecule is C/C(=C\c1cccs1)C(=O)NCc1ccc2[nH]c(C)cc2c1. The van der Waals surface area contributed by atoms with Crippen molar-refractivity contribution < 1.29 is 4.79 Å². The van der Waals surface area contributed by atoms with E-state index in [1.54, 1.807) is 11.3 Å². The molecule has 0 saturated carbocycles. The van der Waals surface area contributed by atoms with Crippen LogP contribution in [0.4, 0.5) is 0 Å². The lowest BCUT2D eigenvalue weighted by molar-refractivity contribution is -0.117. The van der Waals surface area contributed by atoms with E-state index >= 15 is 0 Å². The van der Waals surface area contributed by atoms with Crippen LogP contribution in [-0.2, 0) is 11.3 Å². The van der Waals surface area contributed by atoms with Crippen LogP contribution in [0.2, 0.25) is 0 Å². The highest BCUT2D eigenvalue weighted by Crippen LogP contribution is 2.17. The number of aromatic amines is 1. The molecule has 2 aromatic heterocycles. The van der Waals surface area contributed by atoms with Crippen LogP contribution in [0.3, 0.4) is 0 Å². The van der Waals surface area contributed by atoms with Crippen molar-refractivity contribution in [2.24, 2.45) is 0 Å².